The molecular weight excluding hydrogens is 318 g/mol. The fraction of sp³-hybridized carbons (Fsp3) is 0.750. The van der Waals surface area contributed by atoms with Gasteiger partial charge in [0, 0.05) is 12.0 Å². The van der Waals surface area contributed by atoms with E-state index in [1.54, 1.807) is 6.92 Å². The van der Waals surface area contributed by atoms with Crippen LogP contribution in [0.25, 0.3) is 0 Å². The van der Waals surface area contributed by atoms with E-state index in [-0.39, 0.29) is 0 Å². The number of thioether (sulfide) groups is 1. The predicted octanol–water partition coefficient (Wildman–Crippen LogP) is 2.65. The number of hydrogen-bond donors (Lipinski definition) is 0. The summed E-state index contributed by atoms with van der Waals surface area (Å²) in [5.74, 6) is 0.746. The molecule has 2 aliphatic heterocycles. The van der Waals surface area contributed by atoms with Gasteiger partial charge in [0.2, 0.25) is 0 Å². The fourth-order valence-electron chi connectivity index (χ4n) is 4.04. The van der Waals surface area contributed by atoms with E-state index in [1.165, 1.54) is 0 Å². The van der Waals surface area contributed by atoms with Gasteiger partial charge in [-0.2, -0.15) is 0 Å². The van der Waals surface area contributed by atoms with Gasteiger partial charge >= 0.3 is 5.97 Å². The van der Waals surface area contributed by atoms with Crippen LogP contribution in [0.2, 0.25) is 0 Å². The molecule has 3 aliphatic rings. The van der Waals surface area contributed by atoms with E-state index in [2.05, 4.69) is 5.16 Å². The first kappa shape index (κ1) is 15.5. The minimum atomic E-state index is -0.642. The minimum Gasteiger partial charge on any atom is -0.461 e. The van der Waals surface area contributed by atoms with Crippen molar-refractivity contribution >= 4 is 17.7 Å². The predicted molar refractivity (Wildman–Crippen MR) is 83.4 cm³/mol. The molecule has 1 atom stereocenters. The summed E-state index contributed by atoms with van der Waals surface area (Å²) in [6, 6.07) is 0. The molecule has 126 valence electrons. The Bertz CT molecular complexity index is 610. The third-order valence-electron chi connectivity index (χ3n) is 4.95. The Hall–Kier alpha value is -1.05. The monoisotopic (exact) mass is 339 g/mol. The number of aromatic nitrogens is 1. The molecule has 3 heterocycles. The Morgan fingerprint density at radius 1 is 1.30 bits per heavy atom. The molecule has 0 saturated carbocycles. The van der Waals surface area contributed by atoms with Crippen molar-refractivity contribution in [3.63, 3.8) is 0 Å². The van der Waals surface area contributed by atoms with Crippen LogP contribution in [0.3, 0.4) is 0 Å². The summed E-state index contributed by atoms with van der Waals surface area (Å²) < 4.78 is 22.6. The summed E-state index contributed by atoms with van der Waals surface area (Å²) in [5.41, 5.74) is 1.20. The molecule has 2 spiro atoms. The zero-order valence-electron chi connectivity index (χ0n) is 13.3. The number of esters is 1. The fourth-order valence-corrected chi connectivity index (χ4v) is 5.70. The lowest BCUT2D eigenvalue weighted by molar-refractivity contribution is -0.199. The first-order valence-corrected chi connectivity index (χ1v) is 9.29. The highest BCUT2D eigenvalue weighted by Gasteiger charge is 2.62. The normalized spacial score (nSPS) is 28.9. The smallest absolute Gasteiger partial charge is 0.360 e. The van der Waals surface area contributed by atoms with E-state index in [0.717, 1.165) is 49.2 Å². The van der Waals surface area contributed by atoms with Crippen molar-refractivity contribution in [2.24, 2.45) is 0 Å². The maximum Gasteiger partial charge on any atom is 0.360 e. The van der Waals surface area contributed by atoms with Gasteiger partial charge in [0.15, 0.2) is 17.2 Å². The molecule has 1 aromatic heterocycles. The molecule has 0 amide bonds. The number of carbonyl (C=O) groups is 1. The van der Waals surface area contributed by atoms with Gasteiger partial charge in [-0.05, 0) is 38.4 Å². The van der Waals surface area contributed by atoms with Crippen molar-refractivity contribution in [3.05, 3.63) is 17.0 Å². The van der Waals surface area contributed by atoms with Gasteiger partial charge in [0.05, 0.1) is 19.8 Å². The molecular formula is C16H21NO5S. The zero-order valence-corrected chi connectivity index (χ0v) is 14.1. The molecule has 4 rings (SSSR count). The third-order valence-corrected chi connectivity index (χ3v) is 6.63. The van der Waals surface area contributed by atoms with E-state index in [1.807, 2.05) is 11.8 Å². The maximum absolute atomic E-state index is 12.1. The summed E-state index contributed by atoms with van der Waals surface area (Å²) >= 11 is 1.83. The second-order valence-electron chi connectivity index (χ2n) is 6.14. The van der Waals surface area contributed by atoms with Crippen molar-refractivity contribution < 1.29 is 23.5 Å². The molecule has 0 aromatic carbocycles. The lowest BCUT2D eigenvalue weighted by atomic mass is 9.79. The van der Waals surface area contributed by atoms with Crippen molar-refractivity contribution in [2.45, 2.75) is 49.6 Å². The number of fused-ring (bicyclic) bond motifs is 3. The average Bonchev–Trinajstić information content (AvgIpc) is 3.19. The largest absolute Gasteiger partial charge is 0.461 e. The molecule has 1 aromatic rings. The first-order chi connectivity index (χ1) is 11.2. The number of nitrogens with zero attached hydrogens (tertiary/aromatic N) is 1. The van der Waals surface area contributed by atoms with Crippen LogP contribution in [-0.2, 0) is 25.4 Å². The van der Waals surface area contributed by atoms with E-state index >= 15 is 0 Å². The van der Waals surface area contributed by atoms with Gasteiger partial charge in [-0.3, -0.25) is 0 Å². The van der Waals surface area contributed by atoms with E-state index < -0.39 is 16.5 Å². The van der Waals surface area contributed by atoms with Crippen LogP contribution in [0.5, 0.6) is 0 Å². The standard InChI is InChI=1S/C16H21NO5S/c1-2-19-14(18)12-11-5-3-6-15(13(11)22-17-12)16(7-4-10-23-15)20-8-9-21-16/h2-10H2,1H3. The Balaban J connectivity index is 1.79. The van der Waals surface area contributed by atoms with Gasteiger partial charge in [0.25, 0.3) is 0 Å². The van der Waals surface area contributed by atoms with Crippen LogP contribution in [-0.4, -0.2) is 42.5 Å². The van der Waals surface area contributed by atoms with Crippen molar-refractivity contribution in [1.29, 1.82) is 0 Å². The van der Waals surface area contributed by atoms with Gasteiger partial charge < -0.3 is 18.7 Å². The summed E-state index contributed by atoms with van der Waals surface area (Å²) in [6.45, 7) is 3.33. The van der Waals surface area contributed by atoms with Crippen LogP contribution < -0.4 is 0 Å². The maximum atomic E-state index is 12.1. The van der Waals surface area contributed by atoms with Crippen molar-refractivity contribution in [1.82, 2.24) is 5.16 Å². The number of carbonyl (C=O) groups excluding carboxylic acids is 1. The molecule has 6 nitrogen and oxygen atoms in total. The molecule has 0 N–H and O–H groups in total. The average molecular weight is 339 g/mol. The van der Waals surface area contributed by atoms with Crippen molar-refractivity contribution in [2.75, 3.05) is 25.6 Å². The summed E-state index contributed by atoms with van der Waals surface area (Å²) in [5, 5.41) is 4.05. The van der Waals surface area contributed by atoms with E-state index in [0.29, 0.717) is 25.5 Å². The lowest BCUT2D eigenvalue weighted by Crippen LogP contribution is -2.54. The number of hydrogen-bond acceptors (Lipinski definition) is 7. The molecule has 2 fully saturated rings. The lowest BCUT2D eigenvalue weighted by Gasteiger charge is -2.49. The molecule has 0 bridgehead atoms. The highest BCUT2D eigenvalue weighted by molar-refractivity contribution is 8.00. The summed E-state index contributed by atoms with van der Waals surface area (Å²) in [7, 11) is 0. The van der Waals surface area contributed by atoms with E-state index in [4.69, 9.17) is 18.7 Å². The van der Waals surface area contributed by atoms with Gasteiger partial charge in [-0.25, -0.2) is 4.79 Å². The summed E-state index contributed by atoms with van der Waals surface area (Å²) in [6.07, 6.45) is 4.57. The highest BCUT2D eigenvalue weighted by Crippen LogP contribution is 2.60. The zero-order chi connectivity index (χ0) is 15.9. The van der Waals surface area contributed by atoms with Crippen LogP contribution in [0.15, 0.2) is 4.52 Å². The Labute approximate surface area is 139 Å². The van der Waals surface area contributed by atoms with Crippen LogP contribution in [0.4, 0.5) is 0 Å². The van der Waals surface area contributed by atoms with Crippen LogP contribution in [0.1, 0.15) is 54.4 Å². The highest BCUT2D eigenvalue weighted by atomic mass is 32.2. The quantitative estimate of drug-likeness (QED) is 0.767. The molecule has 23 heavy (non-hydrogen) atoms. The second kappa shape index (κ2) is 5.79. The Morgan fingerprint density at radius 2 is 2.13 bits per heavy atom. The molecule has 7 heteroatoms. The van der Waals surface area contributed by atoms with Gasteiger partial charge in [0.1, 0.15) is 4.75 Å². The number of rotatable bonds is 2. The molecule has 1 unspecified atom stereocenters. The SMILES string of the molecule is CCOC(=O)c1noc2c1CCCC21SCCCC12OCCO2. The van der Waals surface area contributed by atoms with E-state index in [9.17, 15) is 4.79 Å². The molecule has 0 radical (unpaired) electrons. The third kappa shape index (κ3) is 2.16. The topological polar surface area (TPSA) is 70.8 Å². The Kier molecular flexibility index (Phi) is 3.90. The minimum absolute atomic E-state index is 0.320. The first-order valence-electron chi connectivity index (χ1n) is 8.30. The van der Waals surface area contributed by atoms with Crippen LogP contribution in [0, 0.1) is 0 Å². The number of ether oxygens (including phenoxy) is 3. The van der Waals surface area contributed by atoms with Crippen LogP contribution >= 0.6 is 11.8 Å². The van der Waals surface area contributed by atoms with Crippen molar-refractivity contribution in [3.8, 4) is 0 Å². The van der Waals surface area contributed by atoms with Gasteiger partial charge in [-0.15, -0.1) is 11.8 Å². The second-order valence-corrected chi connectivity index (χ2v) is 7.54. The summed E-state index contributed by atoms with van der Waals surface area (Å²) in [4.78, 5) is 12.1. The Morgan fingerprint density at radius 3 is 2.91 bits per heavy atom. The molecule has 1 aliphatic carbocycles. The van der Waals surface area contributed by atoms with Gasteiger partial charge in [-0.1, -0.05) is 5.16 Å². The molecule has 2 saturated heterocycles.